The van der Waals surface area contributed by atoms with Crippen LogP contribution in [-0.2, 0) is 26.0 Å². The summed E-state index contributed by atoms with van der Waals surface area (Å²) in [7, 11) is 0. The van der Waals surface area contributed by atoms with E-state index in [0.717, 1.165) is 44.3 Å². The van der Waals surface area contributed by atoms with E-state index in [0.29, 0.717) is 6.61 Å². The van der Waals surface area contributed by atoms with Crippen molar-refractivity contribution < 1.29 is 4.74 Å². The molecule has 1 aliphatic heterocycles. The molecule has 1 saturated heterocycles. The summed E-state index contributed by atoms with van der Waals surface area (Å²) in [6, 6.07) is 15.7. The van der Waals surface area contributed by atoms with Crippen molar-refractivity contribution in [2.45, 2.75) is 65.5 Å². The normalized spacial score (nSPS) is 14.0. The smallest absolute Gasteiger partial charge is 0.120 e. The van der Waals surface area contributed by atoms with Gasteiger partial charge in [-0.15, -0.1) is 0 Å². The Kier molecular flexibility index (Phi) is 9.04. The van der Waals surface area contributed by atoms with E-state index in [-0.39, 0.29) is 0 Å². The lowest BCUT2D eigenvalue weighted by Gasteiger charge is -2.27. The van der Waals surface area contributed by atoms with Crippen molar-refractivity contribution in [3.63, 3.8) is 0 Å². The minimum absolute atomic E-state index is 0.631. The molecule has 0 atom stereocenters. The molecule has 1 fully saturated rings. The van der Waals surface area contributed by atoms with Crippen LogP contribution in [0.25, 0.3) is 0 Å². The van der Waals surface area contributed by atoms with E-state index in [1.54, 1.807) is 0 Å². The molecule has 1 aliphatic rings. The maximum atomic E-state index is 6.20. The molecule has 1 heterocycles. The topological polar surface area (TPSA) is 33.3 Å². The maximum absolute atomic E-state index is 6.20. The van der Waals surface area contributed by atoms with Gasteiger partial charge in [0, 0.05) is 26.2 Å². The van der Waals surface area contributed by atoms with E-state index in [2.05, 4.69) is 66.9 Å². The lowest BCUT2D eigenvalue weighted by Crippen LogP contribution is -2.47. The predicted molar refractivity (Wildman–Crippen MR) is 123 cm³/mol. The minimum Gasteiger partial charge on any atom is -0.489 e. The molecule has 0 spiro atoms. The second-order valence-electron chi connectivity index (χ2n) is 8.45. The zero-order valence-electron chi connectivity index (χ0n) is 18.3. The van der Waals surface area contributed by atoms with Crippen LogP contribution in [0.4, 0.5) is 0 Å². The molecular weight excluding hydrogens is 356 g/mol. The van der Waals surface area contributed by atoms with Crippen molar-refractivity contribution in [2.75, 3.05) is 19.6 Å². The first-order valence-corrected chi connectivity index (χ1v) is 11.5. The molecule has 3 nitrogen and oxygen atoms in total. The molecule has 0 bridgehead atoms. The van der Waals surface area contributed by atoms with Crippen LogP contribution >= 0.6 is 0 Å². The van der Waals surface area contributed by atoms with Gasteiger partial charge in [-0.25, -0.2) is 0 Å². The molecule has 2 aromatic carbocycles. The number of benzene rings is 2. The van der Waals surface area contributed by atoms with Gasteiger partial charge in [-0.2, -0.15) is 0 Å². The van der Waals surface area contributed by atoms with Crippen molar-refractivity contribution >= 4 is 0 Å². The summed E-state index contributed by atoms with van der Waals surface area (Å²) >= 11 is 0. The molecular formula is C26H38N2O. The largest absolute Gasteiger partial charge is 0.489 e. The second-order valence-corrected chi connectivity index (χ2v) is 8.45. The number of nitrogens with one attached hydrogen (secondary N) is 2. The Morgan fingerprint density at radius 2 is 1.52 bits per heavy atom. The lowest BCUT2D eigenvalue weighted by molar-refractivity contribution is 0.305. The van der Waals surface area contributed by atoms with Crippen LogP contribution in [-0.4, -0.2) is 19.6 Å². The van der Waals surface area contributed by atoms with Crippen molar-refractivity contribution in [3.8, 4) is 5.75 Å². The fraction of sp³-hybridized carbons (Fsp3) is 0.538. The molecule has 3 rings (SSSR count). The first-order valence-electron chi connectivity index (χ1n) is 11.5. The standard InChI is InChI=1S/C26H38N2O/c1-3-5-7-21-9-11-22(12-10-21)20-29-26-14-23(8-6-4-2)13-24(15-26)16-27-17-25-18-28-19-25/h9-15,25,27-28H,3-8,16-20H2,1-2H3. The number of rotatable bonds is 13. The van der Waals surface area contributed by atoms with Gasteiger partial charge in [0.25, 0.3) is 0 Å². The molecule has 3 heteroatoms. The summed E-state index contributed by atoms with van der Waals surface area (Å²) in [6.45, 7) is 9.42. The molecule has 0 radical (unpaired) electrons. The van der Waals surface area contributed by atoms with Crippen molar-refractivity contribution in [1.82, 2.24) is 10.6 Å². The van der Waals surface area contributed by atoms with Gasteiger partial charge < -0.3 is 15.4 Å². The zero-order chi connectivity index (χ0) is 20.3. The quantitative estimate of drug-likeness (QED) is 0.486. The number of unbranched alkanes of at least 4 members (excludes halogenated alkanes) is 2. The Balaban J connectivity index is 1.57. The molecule has 158 valence electrons. The molecule has 2 N–H and O–H groups in total. The summed E-state index contributed by atoms with van der Waals surface area (Å²) < 4.78 is 6.20. The number of ether oxygens (including phenoxy) is 1. The van der Waals surface area contributed by atoms with E-state index >= 15 is 0 Å². The first kappa shape index (κ1) is 21.9. The van der Waals surface area contributed by atoms with E-state index < -0.39 is 0 Å². The average Bonchev–Trinajstić information content (AvgIpc) is 2.71. The van der Waals surface area contributed by atoms with Crippen molar-refractivity contribution in [1.29, 1.82) is 0 Å². The van der Waals surface area contributed by atoms with Crippen LogP contribution in [0, 0.1) is 5.92 Å². The van der Waals surface area contributed by atoms with Crippen LogP contribution in [0.15, 0.2) is 42.5 Å². The van der Waals surface area contributed by atoms with Gasteiger partial charge >= 0.3 is 0 Å². The van der Waals surface area contributed by atoms with Crippen molar-refractivity contribution in [3.05, 3.63) is 64.7 Å². The van der Waals surface area contributed by atoms with Gasteiger partial charge in [-0.1, -0.05) is 57.0 Å². The average molecular weight is 395 g/mol. The predicted octanol–water partition coefficient (Wildman–Crippen LogP) is 5.26. The number of hydrogen-bond donors (Lipinski definition) is 2. The molecule has 0 aromatic heterocycles. The van der Waals surface area contributed by atoms with Gasteiger partial charge in [0.05, 0.1) is 0 Å². The zero-order valence-corrected chi connectivity index (χ0v) is 18.3. The monoisotopic (exact) mass is 394 g/mol. The first-order chi connectivity index (χ1) is 14.3. The van der Waals surface area contributed by atoms with E-state index in [1.165, 1.54) is 54.4 Å². The van der Waals surface area contributed by atoms with Crippen molar-refractivity contribution in [2.24, 2.45) is 5.92 Å². The van der Waals surface area contributed by atoms with Crippen LogP contribution in [0.5, 0.6) is 5.75 Å². The van der Waals surface area contributed by atoms with E-state index in [9.17, 15) is 0 Å². The third kappa shape index (κ3) is 7.49. The highest BCUT2D eigenvalue weighted by molar-refractivity contribution is 5.35. The Labute approximate surface area is 177 Å². The summed E-state index contributed by atoms with van der Waals surface area (Å²) in [6.07, 6.45) is 7.24. The number of hydrogen-bond acceptors (Lipinski definition) is 3. The van der Waals surface area contributed by atoms with Crippen LogP contribution in [0.3, 0.4) is 0 Å². The van der Waals surface area contributed by atoms with Gasteiger partial charge in [-0.3, -0.25) is 0 Å². The maximum Gasteiger partial charge on any atom is 0.120 e. The van der Waals surface area contributed by atoms with E-state index in [1.807, 2.05) is 0 Å². The van der Waals surface area contributed by atoms with Crippen LogP contribution in [0.1, 0.15) is 61.8 Å². The third-order valence-electron chi connectivity index (χ3n) is 5.72. The van der Waals surface area contributed by atoms with E-state index in [4.69, 9.17) is 4.74 Å². The highest BCUT2D eigenvalue weighted by atomic mass is 16.5. The Morgan fingerprint density at radius 1 is 0.862 bits per heavy atom. The Hall–Kier alpha value is -1.84. The Morgan fingerprint density at radius 3 is 2.17 bits per heavy atom. The minimum atomic E-state index is 0.631. The van der Waals surface area contributed by atoms with Gasteiger partial charge in [0.15, 0.2) is 0 Å². The second kappa shape index (κ2) is 12.0. The molecule has 0 saturated carbocycles. The molecule has 29 heavy (non-hydrogen) atoms. The fourth-order valence-corrected chi connectivity index (χ4v) is 3.70. The van der Waals surface area contributed by atoms with Gasteiger partial charge in [0.1, 0.15) is 12.4 Å². The molecule has 0 aliphatic carbocycles. The van der Waals surface area contributed by atoms with Gasteiger partial charge in [-0.05, 0) is 66.0 Å². The summed E-state index contributed by atoms with van der Waals surface area (Å²) in [4.78, 5) is 0. The summed E-state index contributed by atoms with van der Waals surface area (Å²) in [5, 5.41) is 6.95. The summed E-state index contributed by atoms with van der Waals surface area (Å²) in [5.74, 6) is 1.78. The van der Waals surface area contributed by atoms with Gasteiger partial charge in [0.2, 0.25) is 0 Å². The highest BCUT2D eigenvalue weighted by Crippen LogP contribution is 2.21. The fourth-order valence-electron chi connectivity index (χ4n) is 3.70. The SMILES string of the molecule is CCCCc1ccc(COc2cc(CCCC)cc(CNCC3CNC3)c2)cc1. The Bertz CT molecular complexity index is 722. The summed E-state index contributed by atoms with van der Waals surface area (Å²) in [5.41, 5.74) is 5.38. The molecule has 0 amide bonds. The molecule has 2 aromatic rings. The molecule has 0 unspecified atom stereocenters. The number of aryl methyl sites for hydroxylation is 2. The van der Waals surface area contributed by atoms with Crippen LogP contribution < -0.4 is 15.4 Å². The lowest BCUT2D eigenvalue weighted by atomic mass is 10.0. The third-order valence-corrected chi connectivity index (χ3v) is 5.72. The highest BCUT2D eigenvalue weighted by Gasteiger charge is 2.15. The van der Waals surface area contributed by atoms with Crippen LogP contribution in [0.2, 0.25) is 0 Å².